The first-order valence-corrected chi connectivity index (χ1v) is 11.1. The Morgan fingerprint density at radius 3 is 2.30 bits per heavy atom. The molecule has 3 aromatic rings. The summed E-state index contributed by atoms with van der Waals surface area (Å²) in [7, 11) is 0. The van der Waals surface area contributed by atoms with Gasteiger partial charge in [0.1, 0.15) is 0 Å². The van der Waals surface area contributed by atoms with E-state index in [0.717, 1.165) is 17.0 Å². The highest BCUT2D eigenvalue weighted by Gasteiger charge is 2.17. The number of Topliss-reactive ketones (excluding diaryl/α,β-unsaturated/α-hetero) is 1. The van der Waals surface area contributed by atoms with Crippen LogP contribution in [-0.4, -0.2) is 36.1 Å². The normalized spacial score (nSPS) is 10.5. The van der Waals surface area contributed by atoms with Crippen molar-refractivity contribution in [3.63, 3.8) is 0 Å². The van der Waals surface area contributed by atoms with E-state index in [9.17, 15) is 9.59 Å². The van der Waals surface area contributed by atoms with Crippen LogP contribution in [0.2, 0.25) is 0 Å². The van der Waals surface area contributed by atoms with Crippen LogP contribution in [0, 0.1) is 13.8 Å². The Labute approximate surface area is 194 Å². The number of benzene rings is 2. The minimum absolute atomic E-state index is 0.100. The lowest BCUT2D eigenvalue weighted by atomic mass is 10.1. The summed E-state index contributed by atoms with van der Waals surface area (Å²) in [6, 6.07) is 16.7. The minimum atomic E-state index is -0.465. The lowest BCUT2D eigenvalue weighted by molar-refractivity contribution is 0.0992. The quantitative estimate of drug-likeness (QED) is 0.429. The monoisotopic (exact) mass is 449 g/mol. The van der Waals surface area contributed by atoms with Gasteiger partial charge in [-0.1, -0.05) is 30.3 Å². The zero-order valence-electron chi connectivity index (χ0n) is 19.6. The summed E-state index contributed by atoms with van der Waals surface area (Å²) in [6.07, 6.45) is 0. The second kappa shape index (κ2) is 11.2. The van der Waals surface area contributed by atoms with Gasteiger partial charge in [-0.3, -0.25) is 4.79 Å². The first-order chi connectivity index (χ1) is 15.9. The van der Waals surface area contributed by atoms with Crippen molar-refractivity contribution in [2.45, 2.75) is 34.2 Å². The van der Waals surface area contributed by atoms with Gasteiger partial charge in [0.25, 0.3) is 0 Å². The first kappa shape index (κ1) is 23.9. The van der Waals surface area contributed by atoms with E-state index in [2.05, 4.69) is 27.3 Å². The van der Waals surface area contributed by atoms with E-state index >= 15 is 0 Å². The first-order valence-electron chi connectivity index (χ1n) is 11.1. The van der Waals surface area contributed by atoms with Gasteiger partial charge >= 0.3 is 6.03 Å². The number of ether oxygens (including phenoxy) is 2. The number of aromatic nitrogens is 1. The molecule has 0 spiro atoms. The number of nitrogens with zero attached hydrogens (tertiary/aromatic N) is 1. The predicted octanol–water partition coefficient (Wildman–Crippen LogP) is 4.96. The number of urea groups is 1. The summed E-state index contributed by atoms with van der Waals surface area (Å²) in [5, 5.41) is 5.38. The highest BCUT2D eigenvalue weighted by atomic mass is 16.5. The Balaban J connectivity index is 1.61. The number of carbonyl (C=O) groups is 2. The molecule has 0 aliphatic rings. The predicted molar refractivity (Wildman–Crippen MR) is 130 cm³/mol. The van der Waals surface area contributed by atoms with E-state index < -0.39 is 6.03 Å². The van der Waals surface area contributed by atoms with Gasteiger partial charge in [0.15, 0.2) is 17.3 Å². The highest BCUT2D eigenvalue weighted by molar-refractivity contribution is 6.01. The molecule has 0 aliphatic carbocycles. The third-order valence-corrected chi connectivity index (χ3v) is 5.27. The van der Waals surface area contributed by atoms with E-state index in [1.807, 2.05) is 52.0 Å². The Morgan fingerprint density at radius 2 is 1.61 bits per heavy atom. The van der Waals surface area contributed by atoms with Crippen molar-refractivity contribution in [1.29, 1.82) is 0 Å². The van der Waals surface area contributed by atoms with Crippen molar-refractivity contribution in [2.75, 3.05) is 25.1 Å². The van der Waals surface area contributed by atoms with Crippen molar-refractivity contribution in [1.82, 2.24) is 9.88 Å². The van der Waals surface area contributed by atoms with Gasteiger partial charge in [0, 0.05) is 35.2 Å². The highest BCUT2D eigenvalue weighted by Crippen LogP contribution is 2.30. The molecular weight excluding hydrogens is 418 g/mol. The van der Waals surface area contributed by atoms with Crippen LogP contribution >= 0.6 is 0 Å². The molecule has 0 radical (unpaired) electrons. The molecule has 174 valence electrons. The lowest BCUT2D eigenvalue weighted by Gasteiger charge is -2.13. The number of anilines is 1. The smallest absolute Gasteiger partial charge is 0.319 e. The lowest BCUT2D eigenvalue weighted by Crippen LogP contribution is -2.33. The van der Waals surface area contributed by atoms with E-state index in [-0.39, 0.29) is 12.3 Å². The number of carbonyl (C=O) groups excluding carboxylic acids is 2. The molecule has 0 fully saturated rings. The van der Waals surface area contributed by atoms with Crippen LogP contribution < -0.4 is 20.1 Å². The summed E-state index contributed by atoms with van der Waals surface area (Å²) in [5.41, 5.74) is 4.22. The fourth-order valence-electron chi connectivity index (χ4n) is 3.65. The van der Waals surface area contributed by atoms with E-state index in [4.69, 9.17) is 9.47 Å². The van der Waals surface area contributed by atoms with Crippen molar-refractivity contribution in [3.05, 3.63) is 77.1 Å². The van der Waals surface area contributed by atoms with Gasteiger partial charge in [-0.2, -0.15) is 0 Å². The van der Waals surface area contributed by atoms with Crippen LogP contribution in [0.1, 0.15) is 41.2 Å². The zero-order valence-corrected chi connectivity index (χ0v) is 19.6. The average molecular weight is 450 g/mol. The molecule has 0 atom stereocenters. The molecule has 3 rings (SSSR count). The van der Waals surface area contributed by atoms with Crippen LogP contribution in [0.4, 0.5) is 10.5 Å². The van der Waals surface area contributed by atoms with Crippen LogP contribution in [0.5, 0.6) is 11.5 Å². The van der Waals surface area contributed by atoms with E-state index in [1.54, 1.807) is 18.2 Å². The summed E-state index contributed by atoms with van der Waals surface area (Å²) in [4.78, 5) is 25.2. The van der Waals surface area contributed by atoms with Crippen molar-refractivity contribution >= 4 is 17.5 Å². The zero-order chi connectivity index (χ0) is 23.8. The summed E-state index contributed by atoms with van der Waals surface area (Å²) in [5.74, 6) is 1.03. The van der Waals surface area contributed by atoms with Crippen LogP contribution in [0.25, 0.3) is 0 Å². The molecule has 1 aromatic heterocycles. The Morgan fingerprint density at radius 1 is 0.909 bits per heavy atom. The molecule has 7 heteroatoms. The molecule has 0 saturated carbocycles. The molecule has 0 aliphatic heterocycles. The molecule has 1 heterocycles. The molecular formula is C26H31N3O4. The number of nitrogens with one attached hydrogen (secondary N) is 2. The van der Waals surface area contributed by atoms with E-state index in [0.29, 0.717) is 42.5 Å². The average Bonchev–Trinajstić information content (AvgIpc) is 3.08. The Kier molecular flexibility index (Phi) is 8.13. The number of aryl methyl sites for hydroxylation is 1. The van der Waals surface area contributed by atoms with Crippen LogP contribution in [-0.2, 0) is 6.54 Å². The summed E-state index contributed by atoms with van der Waals surface area (Å²) >= 11 is 0. The van der Waals surface area contributed by atoms with Crippen molar-refractivity contribution < 1.29 is 19.1 Å². The maximum Gasteiger partial charge on any atom is 0.319 e. The molecule has 2 amide bonds. The van der Waals surface area contributed by atoms with Gasteiger partial charge in [-0.25, -0.2) is 4.79 Å². The van der Waals surface area contributed by atoms with Crippen molar-refractivity contribution in [2.24, 2.45) is 0 Å². The number of ketones is 1. The number of hydrogen-bond acceptors (Lipinski definition) is 4. The number of hydrogen-bond donors (Lipinski definition) is 2. The third kappa shape index (κ3) is 6.16. The third-order valence-electron chi connectivity index (χ3n) is 5.27. The Bertz CT molecular complexity index is 1110. The standard InChI is InChI=1S/C26H31N3O4/c1-5-32-24-13-12-21(15-25(24)33-6-2)28-26(31)27-16-23(30)22-14-18(3)29(19(22)4)17-20-10-8-7-9-11-20/h7-15H,5-6,16-17H2,1-4H3,(H2,27,28,31). The van der Waals surface area contributed by atoms with Gasteiger partial charge in [0.05, 0.1) is 19.8 Å². The topological polar surface area (TPSA) is 81.6 Å². The Hall–Kier alpha value is -3.74. The van der Waals surface area contributed by atoms with Crippen LogP contribution in [0.3, 0.4) is 0 Å². The van der Waals surface area contributed by atoms with E-state index in [1.165, 1.54) is 0 Å². The molecule has 2 aromatic carbocycles. The van der Waals surface area contributed by atoms with Crippen molar-refractivity contribution in [3.8, 4) is 11.5 Å². The van der Waals surface area contributed by atoms with Gasteiger partial charge in [-0.15, -0.1) is 0 Å². The second-order valence-corrected chi connectivity index (χ2v) is 7.61. The molecule has 7 nitrogen and oxygen atoms in total. The summed E-state index contributed by atoms with van der Waals surface area (Å²) < 4.78 is 13.2. The fraction of sp³-hybridized carbons (Fsp3) is 0.308. The van der Waals surface area contributed by atoms with Crippen LogP contribution in [0.15, 0.2) is 54.6 Å². The second-order valence-electron chi connectivity index (χ2n) is 7.61. The maximum atomic E-state index is 12.8. The SMILES string of the molecule is CCOc1ccc(NC(=O)NCC(=O)c2cc(C)n(Cc3ccccc3)c2C)cc1OCC. The molecule has 0 saturated heterocycles. The number of amides is 2. The van der Waals surface area contributed by atoms with Gasteiger partial charge in [0.2, 0.25) is 0 Å². The fourth-order valence-corrected chi connectivity index (χ4v) is 3.65. The molecule has 0 bridgehead atoms. The minimum Gasteiger partial charge on any atom is -0.490 e. The molecule has 2 N–H and O–H groups in total. The van der Waals surface area contributed by atoms with Gasteiger partial charge < -0.3 is 24.7 Å². The largest absolute Gasteiger partial charge is 0.490 e. The molecule has 33 heavy (non-hydrogen) atoms. The maximum absolute atomic E-state index is 12.8. The number of rotatable bonds is 10. The van der Waals surface area contributed by atoms with Gasteiger partial charge in [-0.05, 0) is 51.5 Å². The molecule has 0 unspecified atom stereocenters. The summed E-state index contributed by atoms with van der Waals surface area (Å²) in [6.45, 7) is 9.27.